The van der Waals surface area contributed by atoms with Crippen LogP contribution in [0, 0.1) is 6.92 Å². The molecule has 202 valence electrons. The molecule has 0 unspecified atom stereocenters. The van der Waals surface area contributed by atoms with Gasteiger partial charge in [0, 0.05) is 21.7 Å². The van der Waals surface area contributed by atoms with E-state index in [-0.39, 0.29) is 11.7 Å². The van der Waals surface area contributed by atoms with Crippen LogP contribution in [0.5, 0.6) is 0 Å². The predicted molar refractivity (Wildman–Crippen MR) is 168 cm³/mol. The van der Waals surface area contributed by atoms with Gasteiger partial charge in [0.05, 0.1) is 22.5 Å². The number of aromatic nitrogens is 3. The van der Waals surface area contributed by atoms with Crippen LogP contribution in [0.25, 0.3) is 39.2 Å². The second kappa shape index (κ2) is 12.1. The van der Waals surface area contributed by atoms with Gasteiger partial charge in [0.1, 0.15) is 10.7 Å². The molecule has 2 aromatic heterocycles. The van der Waals surface area contributed by atoms with Crippen LogP contribution in [-0.4, -0.2) is 26.2 Å². The zero-order valence-corrected chi connectivity index (χ0v) is 24.4. The van der Waals surface area contributed by atoms with Crippen LogP contribution < -0.4 is 10.2 Å². The fourth-order valence-corrected chi connectivity index (χ4v) is 6.09. The summed E-state index contributed by atoms with van der Waals surface area (Å²) in [5, 5.41) is 7.91. The zero-order valence-electron chi connectivity index (χ0n) is 22.0. The summed E-state index contributed by atoms with van der Waals surface area (Å²) in [4.78, 5) is 23.3. The van der Waals surface area contributed by atoms with Crippen molar-refractivity contribution in [2.45, 2.75) is 11.9 Å². The third-order valence-electron chi connectivity index (χ3n) is 6.34. The number of para-hydroxylation sites is 2. The molecule has 1 amide bonds. The molecule has 0 atom stereocenters. The molecule has 6 aromatic rings. The first-order chi connectivity index (χ1) is 20.0. The van der Waals surface area contributed by atoms with Crippen molar-refractivity contribution in [3.05, 3.63) is 124 Å². The first-order valence-corrected chi connectivity index (χ1v) is 15.1. The number of hydrogen-bond donors (Lipinski definition) is 1. The minimum absolute atomic E-state index is 0.135. The Morgan fingerprint density at radius 1 is 0.878 bits per heavy atom. The smallest absolute Gasteiger partial charge is 0.250 e. The molecule has 4 aromatic carbocycles. The maximum Gasteiger partial charge on any atom is 0.250 e. The molecule has 9 heteroatoms. The molecule has 0 aliphatic carbocycles. The Kier molecular flexibility index (Phi) is 7.95. The summed E-state index contributed by atoms with van der Waals surface area (Å²) >= 11 is 8.92. The number of aryl methyl sites for hydroxylation is 1. The number of halogens is 1. The predicted octanol–water partition coefficient (Wildman–Crippen LogP) is 7.50. The number of nitrogens with zero attached hydrogens (tertiary/aromatic N) is 4. The standard InChI is InChI=1S/C32H24ClN5OS2/c1-21-11-17-25(18-12-21)38-28(22-13-15-24(33)16-14-22)19-41-32(38)37-36-29(39)20-40-31-30(23-7-3-2-4-8-23)34-26-9-5-6-10-27(26)35-31/h2-19H,20H2,1H3,(H,36,39)/b37-32-. The zero-order chi connectivity index (χ0) is 28.2. The Hall–Kier alpha value is -4.24. The van der Waals surface area contributed by atoms with Crippen molar-refractivity contribution in [2.75, 3.05) is 5.75 Å². The van der Waals surface area contributed by atoms with Crippen LogP contribution in [0.15, 0.2) is 119 Å². The van der Waals surface area contributed by atoms with Crippen LogP contribution in [0.2, 0.25) is 5.02 Å². The van der Waals surface area contributed by atoms with Gasteiger partial charge < -0.3 is 0 Å². The monoisotopic (exact) mass is 593 g/mol. The van der Waals surface area contributed by atoms with Crippen molar-refractivity contribution >= 4 is 51.6 Å². The largest absolute Gasteiger partial charge is 0.284 e. The first-order valence-electron chi connectivity index (χ1n) is 12.9. The molecule has 0 aliphatic rings. The summed E-state index contributed by atoms with van der Waals surface area (Å²) in [5.41, 5.74) is 10.1. The third-order valence-corrected chi connectivity index (χ3v) is 8.38. The lowest BCUT2D eigenvalue weighted by atomic mass is 10.1. The first kappa shape index (κ1) is 27.0. The summed E-state index contributed by atoms with van der Waals surface area (Å²) in [6.07, 6.45) is 0. The average Bonchev–Trinajstić information content (AvgIpc) is 3.43. The number of nitrogens with one attached hydrogen (secondary N) is 1. The Balaban J connectivity index is 1.28. The van der Waals surface area contributed by atoms with Crippen LogP contribution in [-0.2, 0) is 4.79 Å². The molecule has 6 rings (SSSR count). The van der Waals surface area contributed by atoms with E-state index in [4.69, 9.17) is 21.6 Å². The molecular weight excluding hydrogens is 570 g/mol. The van der Waals surface area contributed by atoms with Gasteiger partial charge in [0.2, 0.25) is 4.80 Å². The molecule has 6 nitrogen and oxygen atoms in total. The molecule has 41 heavy (non-hydrogen) atoms. The highest BCUT2D eigenvalue weighted by Crippen LogP contribution is 2.30. The molecule has 0 saturated carbocycles. The lowest BCUT2D eigenvalue weighted by molar-refractivity contribution is -0.118. The van der Waals surface area contributed by atoms with Gasteiger partial charge in [-0.05, 0) is 48.9 Å². The highest BCUT2D eigenvalue weighted by atomic mass is 35.5. The van der Waals surface area contributed by atoms with Crippen molar-refractivity contribution in [3.8, 4) is 28.2 Å². The Morgan fingerprint density at radius 2 is 1.56 bits per heavy atom. The molecule has 0 spiro atoms. The van der Waals surface area contributed by atoms with Gasteiger partial charge >= 0.3 is 0 Å². The van der Waals surface area contributed by atoms with E-state index in [1.54, 1.807) is 0 Å². The molecule has 0 fully saturated rings. The van der Waals surface area contributed by atoms with Gasteiger partial charge in [-0.3, -0.25) is 9.36 Å². The minimum Gasteiger partial charge on any atom is -0.284 e. The number of carbonyl (C=O) groups excluding carboxylic acids is 1. The van der Waals surface area contributed by atoms with E-state index >= 15 is 0 Å². The molecule has 0 saturated heterocycles. The van der Waals surface area contributed by atoms with E-state index < -0.39 is 0 Å². The van der Waals surface area contributed by atoms with E-state index in [1.165, 1.54) is 23.1 Å². The van der Waals surface area contributed by atoms with Crippen molar-refractivity contribution in [2.24, 2.45) is 5.10 Å². The van der Waals surface area contributed by atoms with Gasteiger partial charge in [-0.2, -0.15) is 0 Å². The molecule has 1 N–H and O–H groups in total. The van der Waals surface area contributed by atoms with Gasteiger partial charge in [0.25, 0.3) is 5.91 Å². The van der Waals surface area contributed by atoms with Crippen LogP contribution >= 0.6 is 34.7 Å². The number of hydrogen-bond acceptors (Lipinski definition) is 6. The van der Waals surface area contributed by atoms with Crippen molar-refractivity contribution in [1.82, 2.24) is 20.0 Å². The normalized spacial score (nSPS) is 11.6. The highest BCUT2D eigenvalue weighted by molar-refractivity contribution is 8.00. The van der Waals surface area contributed by atoms with Gasteiger partial charge in [0.15, 0.2) is 0 Å². The average molecular weight is 594 g/mol. The number of amides is 1. The van der Waals surface area contributed by atoms with Gasteiger partial charge in [-0.1, -0.05) is 95.7 Å². The fraction of sp³-hybridized carbons (Fsp3) is 0.0625. The summed E-state index contributed by atoms with van der Waals surface area (Å²) in [7, 11) is 0. The SMILES string of the molecule is Cc1ccc(-n2c(-c3ccc(Cl)cc3)cs/c2=N\NC(=O)CSc2nc3ccccc3nc2-c2ccccc2)cc1. The Morgan fingerprint density at radius 3 is 2.29 bits per heavy atom. The number of benzene rings is 4. The number of carbonyl (C=O) groups is 1. The molecule has 2 heterocycles. The summed E-state index contributed by atoms with van der Waals surface area (Å²) in [6, 6.07) is 33.5. The van der Waals surface area contributed by atoms with E-state index in [0.29, 0.717) is 14.8 Å². The van der Waals surface area contributed by atoms with Crippen molar-refractivity contribution in [1.29, 1.82) is 0 Å². The molecule has 0 aliphatic heterocycles. The quantitative estimate of drug-likeness (QED) is 0.154. The summed E-state index contributed by atoms with van der Waals surface area (Å²) in [5.74, 6) is -0.100. The van der Waals surface area contributed by atoms with Crippen molar-refractivity contribution < 1.29 is 4.79 Å². The van der Waals surface area contributed by atoms with Crippen LogP contribution in [0.4, 0.5) is 0 Å². The maximum atomic E-state index is 13.0. The summed E-state index contributed by atoms with van der Waals surface area (Å²) in [6.45, 7) is 2.05. The van der Waals surface area contributed by atoms with Crippen LogP contribution in [0.1, 0.15) is 5.56 Å². The number of thioether (sulfide) groups is 1. The second-order valence-corrected chi connectivity index (χ2v) is 11.5. The topological polar surface area (TPSA) is 72.2 Å². The second-order valence-electron chi connectivity index (χ2n) is 9.25. The number of rotatable bonds is 7. The van der Waals surface area contributed by atoms with E-state index in [9.17, 15) is 4.79 Å². The van der Waals surface area contributed by atoms with E-state index in [0.717, 1.165) is 44.8 Å². The van der Waals surface area contributed by atoms with E-state index in [2.05, 4.69) is 29.6 Å². The number of fused-ring (bicyclic) bond motifs is 1. The summed E-state index contributed by atoms with van der Waals surface area (Å²) < 4.78 is 2.03. The molecular formula is C32H24ClN5OS2. The Bertz CT molecular complexity index is 1900. The lowest BCUT2D eigenvalue weighted by Gasteiger charge is -2.10. The van der Waals surface area contributed by atoms with E-state index in [1.807, 2.05) is 101 Å². The van der Waals surface area contributed by atoms with Crippen LogP contribution in [0.3, 0.4) is 0 Å². The highest BCUT2D eigenvalue weighted by Gasteiger charge is 2.14. The molecule has 0 bridgehead atoms. The maximum absolute atomic E-state index is 13.0. The number of thiazole rings is 1. The van der Waals surface area contributed by atoms with Gasteiger partial charge in [-0.15, -0.1) is 16.4 Å². The fourth-order valence-electron chi connectivity index (χ4n) is 4.30. The third kappa shape index (κ3) is 6.10. The lowest BCUT2D eigenvalue weighted by Crippen LogP contribution is -2.25. The van der Waals surface area contributed by atoms with Crippen molar-refractivity contribution in [3.63, 3.8) is 0 Å². The van der Waals surface area contributed by atoms with Gasteiger partial charge in [-0.25, -0.2) is 15.4 Å². The molecule has 0 radical (unpaired) electrons. The Labute approximate surface area is 250 Å². The minimum atomic E-state index is -0.235.